The number of ether oxygens (including phenoxy) is 3. The highest BCUT2D eigenvalue weighted by Gasteiger charge is 2.36. The minimum Gasteiger partial charge on any atom is -0.508 e. The van der Waals surface area contributed by atoms with Crippen molar-refractivity contribution in [2.45, 2.75) is 51.4 Å². The summed E-state index contributed by atoms with van der Waals surface area (Å²) in [5.41, 5.74) is 7.17. The van der Waals surface area contributed by atoms with Gasteiger partial charge in [-0.25, -0.2) is 4.39 Å². The molecule has 0 spiro atoms. The minimum atomic E-state index is -0.354. The summed E-state index contributed by atoms with van der Waals surface area (Å²) in [5, 5.41) is 10.1. The van der Waals surface area contributed by atoms with Crippen molar-refractivity contribution in [3.8, 4) is 28.5 Å². The molecule has 0 bridgehead atoms. The van der Waals surface area contributed by atoms with Crippen LogP contribution in [0.3, 0.4) is 0 Å². The Morgan fingerprint density at radius 1 is 0.836 bits per heavy atom. The molecule has 1 aromatic heterocycles. The number of phenols is 1. The number of hydrogen-bond donors (Lipinski definition) is 1. The van der Waals surface area contributed by atoms with Crippen LogP contribution in [0.15, 0.2) is 91.0 Å². The van der Waals surface area contributed by atoms with Crippen LogP contribution in [0.4, 0.5) is 10.1 Å². The Bertz CT molecular complexity index is 2230. The minimum absolute atomic E-state index is 0.0533. The maximum atomic E-state index is 15.2. The first-order chi connectivity index (χ1) is 26.9. The molecule has 1 unspecified atom stereocenters. The number of aromatic hydroxyl groups is 1. The molecule has 4 aliphatic rings. The van der Waals surface area contributed by atoms with E-state index in [0.717, 1.165) is 61.4 Å². The molecule has 55 heavy (non-hydrogen) atoms. The van der Waals surface area contributed by atoms with Crippen LogP contribution in [0.2, 0.25) is 0 Å². The van der Waals surface area contributed by atoms with E-state index < -0.39 is 0 Å². The molecule has 5 heterocycles. The fraction of sp³-hybridized carbons (Fsp3) is 0.318. The maximum Gasteiger partial charge on any atom is 0.260 e. The fourth-order valence-electron chi connectivity index (χ4n) is 8.47. The molecule has 1 N–H and O–H groups in total. The van der Waals surface area contributed by atoms with E-state index in [4.69, 9.17) is 14.2 Å². The van der Waals surface area contributed by atoms with E-state index in [2.05, 4.69) is 27.7 Å². The van der Waals surface area contributed by atoms with Gasteiger partial charge in [-0.3, -0.25) is 14.5 Å². The molecule has 0 saturated carbocycles. The van der Waals surface area contributed by atoms with E-state index >= 15 is 4.79 Å². The molecule has 9 rings (SSSR count). The van der Waals surface area contributed by atoms with E-state index in [1.165, 1.54) is 17.7 Å². The number of morpholine rings is 1. The zero-order valence-electron chi connectivity index (χ0n) is 30.6. The molecule has 4 aromatic carbocycles. The third-order valence-electron chi connectivity index (χ3n) is 11.4. The first-order valence-corrected chi connectivity index (χ1v) is 19.1. The van der Waals surface area contributed by atoms with Crippen molar-refractivity contribution < 1.29 is 33.3 Å². The van der Waals surface area contributed by atoms with E-state index in [1.54, 1.807) is 41.3 Å². The summed E-state index contributed by atoms with van der Waals surface area (Å²) < 4.78 is 33.5. The standard InChI is InChI=1S/C44H43FN4O6/c45-32-10-8-29(9-11-32)25-48(33-12-14-35(50)15-13-33)44(52)38-22-40(47-16-4-3-7-39(38)47)36-23-41-42(55-28-54-41)24-37(36)43(51)49-26-31-6-2-1-5-30(31)21-34(49)27-46-17-19-53-20-18-46/h1-2,5-6,8-15,22-24,34,50H,3-4,7,16-21,25-28H2. The molecule has 0 aliphatic carbocycles. The summed E-state index contributed by atoms with van der Waals surface area (Å²) in [6.07, 6.45) is 3.29. The molecule has 282 valence electrons. The number of benzene rings is 4. The third-order valence-corrected chi connectivity index (χ3v) is 11.4. The molecule has 11 heteroatoms. The van der Waals surface area contributed by atoms with Gasteiger partial charge in [-0.2, -0.15) is 0 Å². The third kappa shape index (κ3) is 6.94. The predicted molar refractivity (Wildman–Crippen MR) is 205 cm³/mol. The van der Waals surface area contributed by atoms with E-state index in [9.17, 15) is 14.3 Å². The molecule has 1 saturated heterocycles. The Morgan fingerprint density at radius 2 is 1.58 bits per heavy atom. The molecule has 5 aromatic rings. The molecule has 10 nitrogen and oxygen atoms in total. The number of aromatic nitrogens is 1. The second kappa shape index (κ2) is 14.9. The van der Waals surface area contributed by atoms with Crippen molar-refractivity contribution in [2.24, 2.45) is 0 Å². The summed E-state index contributed by atoms with van der Waals surface area (Å²) in [7, 11) is 0. The number of carbonyl (C=O) groups is 2. The summed E-state index contributed by atoms with van der Waals surface area (Å²) in [4.78, 5) is 36.1. The highest BCUT2D eigenvalue weighted by atomic mass is 19.1. The monoisotopic (exact) mass is 742 g/mol. The Hall–Kier alpha value is -5.65. The topological polar surface area (TPSA) is 96.7 Å². The van der Waals surface area contributed by atoms with Crippen LogP contribution in [0.5, 0.6) is 17.2 Å². The van der Waals surface area contributed by atoms with E-state index in [1.807, 2.05) is 29.2 Å². The largest absolute Gasteiger partial charge is 0.508 e. The number of anilines is 1. The normalized spacial score (nSPS) is 17.8. The average Bonchev–Trinajstić information content (AvgIpc) is 3.85. The van der Waals surface area contributed by atoms with Crippen molar-refractivity contribution in [1.82, 2.24) is 14.4 Å². The molecule has 1 atom stereocenters. The summed E-state index contributed by atoms with van der Waals surface area (Å²) in [6, 6.07) is 26.6. The second-order valence-electron chi connectivity index (χ2n) is 14.8. The van der Waals surface area contributed by atoms with Gasteiger partial charge in [0.2, 0.25) is 6.79 Å². The molecule has 1 fully saturated rings. The Kier molecular flexibility index (Phi) is 9.49. The number of carbonyl (C=O) groups excluding carboxylic acids is 2. The van der Waals surface area contributed by atoms with Gasteiger partial charge in [0.1, 0.15) is 11.6 Å². The maximum absolute atomic E-state index is 15.2. The number of nitrogens with zero attached hydrogens (tertiary/aromatic N) is 4. The van der Waals surface area contributed by atoms with Gasteiger partial charge in [-0.1, -0.05) is 36.4 Å². The van der Waals surface area contributed by atoms with Crippen LogP contribution in [0.1, 0.15) is 55.9 Å². The van der Waals surface area contributed by atoms with Gasteiger partial charge in [-0.05, 0) is 97.0 Å². The highest BCUT2D eigenvalue weighted by Crippen LogP contribution is 2.42. The van der Waals surface area contributed by atoms with Gasteiger partial charge in [0.05, 0.1) is 30.9 Å². The van der Waals surface area contributed by atoms with Gasteiger partial charge in [0, 0.05) is 61.4 Å². The van der Waals surface area contributed by atoms with Gasteiger partial charge in [-0.15, -0.1) is 0 Å². The first-order valence-electron chi connectivity index (χ1n) is 19.1. The summed E-state index contributed by atoms with van der Waals surface area (Å²) >= 11 is 0. The molecule has 0 radical (unpaired) electrons. The quantitative estimate of drug-likeness (QED) is 0.187. The zero-order chi connectivity index (χ0) is 37.5. The Labute approximate surface area is 319 Å². The van der Waals surface area contributed by atoms with Crippen LogP contribution in [-0.2, 0) is 37.2 Å². The summed E-state index contributed by atoms with van der Waals surface area (Å²) in [6.45, 7) is 5.17. The summed E-state index contributed by atoms with van der Waals surface area (Å²) in [5.74, 6) is 0.495. The van der Waals surface area contributed by atoms with Crippen molar-refractivity contribution in [2.75, 3.05) is 44.5 Å². The SMILES string of the molecule is O=C(c1cc(-c2cc3c(cc2C(=O)N2Cc4ccccc4CC2CN2CCOCC2)OCO3)n2c1CCCC2)N(Cc1ccc(F)cc1)c1ccc(O)cc1. The average molecular weight is 743 g/mol. The van der Waals surface area contributed by atoms with Crippen molar-refractivity contribution in [3.63, 3.8) is 0 Å². The first kappa shape index (κ1) is 35.1. The van der Waals surface area contributed by atoms with E-state index in [-0.39, 0.29) is 42.8 Å². The van der Waals surface area contributed by atoms with Crippen LogP contribution in [-0.4, -0.2) is 77.0 Å². The van der Waals surface area contributed by atoms with Gasteiger partial charge in [0.25, 0.3) is 11.8 Å². The van der Waals surface area contributed by atoms with Crippen LogP contribution >= 0.6 is 0 Å². The van der Waals surface area contributed by atoms with Crippen LogP contribution in [0.25, 0.3) is 11.3 Å². The van der Waals surface area contributed by atoms with Crippen molar-refractivity contribution in [3.05, 3.63) is 130 Å². The number of halogens is 1. The lowest BCUT2D eigenvalue weighted by Crippen LogP contribution is -2.52. The number of hydrogen-bond acceptors (Lipinski definition) is 7. The van der Waals surface area contributed by atoms with Crippen LogP contribution < -0.4 is 14.4 Å². The van der Waals surface area contributed by atoms with Crippen molar-refractivity contribution in [1.29, 1.82) is 0 Å². The Morgan fingerprint density at radius 3 is 2.36 bits per heavy atom. The number of amides is 2. The molecular weight excluding hydrogens is 700 g/mol. The van der Waals surface area contributed by atoms with Gasteiger partial charge in [0.15, 0.2) is 11.5 Å². The number of phenolic OH excluding ortho intramolecular Hbond substituents is 1. The zero-order valence-corrected chi connectivity index (χ0v) is 30.6. The second-order valence-corrected chi connectivity index (χ2v) is 14.8. The van der Waals surface area contributed by atoms with Crippen LogP contribution in [0, 0.1) is 5.82 Å². The number of rotatable bonds is 8. The lowest BCUT2D eigenvalue weighted by molar-refractivity contribution is 0.0193. The molecule has 2 amide bonds. The number of fused-ring (bicyclic) bond motifs is 3. The van der Waals surface area contributed by atoms with Gasteiger partial charge < -0.3 is 33.7 Å². The van der Waals surface area contributed by atoms with E-state index in [0.29, 0.717) is 66.6 Å². The van der Waals surface area contributed by atoms with Gasteiger partial charge >= 0.3 is 0 Å². The molecule has 4 aliphatic heterocycles. The lowest BCUT2D eigenvalue weighted by Gasteiger charge is -2.40. The lowest BCUT2D eigenvalue weighted by atomic mass is 9.92. The molecular formula is C44H43FN4O6. The smallest absolute Gasteiger partial charge is 0.260 e. The fourth-order valence-corrected chi connectivity index (χ4v) is 8.47. The Balaban J connectivity index is 1.13. The predicted octanol–water partition coefficient (Wildman–Crippen LogP) is 6.81. The van der Waals surface area contributed by atoms with Crippen molar-refractivity contribution >= 4 is 17.5 Å². The highest BCUT2D eigenvalue weighted by molar-refractivity contribution is 6.09.